The van der Waals surface area contributed by atoms with E-state index in [9.17, 15) is 35.4 Å². The molecule has 1 fully saturated rings. The van der Waals surface area contributed by atoms with Crippen LogP contribution in [-0.2, 0) is 17.6 Å². The maximum Gasteiger partial charge on any atom is 0.339 e. The number of aryl methyl sites for hydroxylation is 1. The summed E-state index contributed by atoms with van der Waals surface area (Å²) in [6.07, 6.45) is 1.44. The fraction of sp³-hybridized carbons (Fsp3) is 0.593. The minimum Gasteiger partial charge on any atom is -0.507 e. The maximum absolute atomic E-state index is 12.0. The van der Waals surface area contributed by atoms with Crippen LogP contribution >= 0.6 is 0 Å². The highest BCUT2D eigenvalue weighted by atomic mass is 16.7. The predicted octanol–water partition coefficient (Wildman–Crippen LogP) is 3.05. The zero-order chi connectivity index (χ0) is 27.0. The lowest BCUT2D eigenvalue weighted by atomic mass is 9.93. The molecule has 0 saturated carbocycles. The van der Waals surface area contributed by atoms with Gasteiger partial charge in [0.2, 0.25) is 6.29 Å². The number of hydrogen-bond donors (Lipinski definition) is 6. The third kappa shape index (κ3) is 7.54. The molecule has 9 nitrogen and oxygen atoms in total. The van der Waals surface area contributed by atoms with Crippen molar-refractivity contribution in [3.8, 4) is 11.5 Å². The lowest BCUT2D eigenvalue weighted by Crippen LogP contribution is -2.57. The number of aromatic carboxylic acids is 1. The number of phenols is 1. The van der Waals surface area contributed by atoms with Gasteiger partial charge < -0.3 is 40.1 Å². The molecule has 6 N–H and O–H groups in total. The average Bonchev–Trinajstić information content (AvgIpc) is 2.80. The van der Waals surface area contributed by atoms with Gasteiger partial charge >= 0.3 is 5.97 Å². The Hall–Kier alpha value is -2.43. The molecule has 0 amide bonds. The van der Waals surface area contributed by atoms with Crippen LogP contribution in [-0.4, -0.2) is 68.0 Å². The highest BCUT2D eigenvalue weighted by molar-refractivity contribution is 5.93. The van der Waals surface area contributed by atoms with E-state index in [1.807, 2.05) is 33.8 Å². The summed E-state index contributed by atoms with van der Waals surface area (Å²) in [4.78, 5) is 12.0. The first-order valence-corrected chi connectivity index (χ1v) is 12.4. The van der Waals surface area contributed by atoms with Crippen molar-refractivity contribution in [2.45, 2.75) is 91.0 Å². The smallest absolute Gasteiger partial charge is 0.339 e. The van der Waals surface area contributed by atoms with Crippen molar-refractivity contribution in [2.24, 2.45) is 5.92 Å². The minimum absolute atomic E-state index is 0.121. The largest absolute Gasteiger partial charge is 0.507 e. The van der Waals surface area contributed by atoms with Crippen LogP contribution in [0.4, 0.5) is 0 Å². The summed E-state index contributed by atoms with van der Waals surface area (Å²) in [5, 5.41) is 60.8. The molecule has 0 radical (unpaired) electrons. The number of hydrogen-bond acceptors (Lipinski definition) is 8. The summed E-state index contributed by atoms with van der Waals surface area (Å²) in [6.45, 7) is 7.35. The maximum atomic E-state index is 12.0. The molecule has 1 unspecified atom stereocenters. The third-order valence-corrected chi connectivity index (χ3v) is 6.36. The van der Waals surface area contributed by atoms with Crippen molar-refractivity contribution in [1.29, 1.82) is 0 Å². The van der Waals surface area contributed by atoms with Gasteiger partial charge in [0, 0.05) is 5.56 Å². The first-order chi connectivity index (χ1) is 17.0. The molecule has 1 aliphatic rings. The van der Waals surface area contributed by atoms with Gasteiger partial charge in [-0.2, -0.15) is 0 Å². The number of aromatic hydroxyl groups is 1. The molecule has 1 saturated heterocycles. The summed E-state index contributed by atoms with van der Waals surface area (Å²) in [7, 11) is 0. The minimum atomic E-state index is -1.75. The number of aliphatic hydroxyl groups is 4. The van der Waals surface area contributed by atoms with E-state index < -0.39 is 49.0 Å². The lowest BCUT2D eigenvalue weighted by molar-refractivity contribution is -0.312. The van der Waals surface area contributed by atoms with Crippen LogP contribution in [0.25, 0.3) is 0 Å². The number of carboxylic acids is 1. The van der Waals surface area contributed by atoms with Crippen LogP contribution in [0.5, 0.6) is 11.5 Å². The molecule has 1 aromatic carbocycles. The Kier molecular flexibility index (Phi) is 11.4. The van der Waals surface area contributed by atoms with E-state index in [0.29, 0.717) is 18.4 Å². The molecule has 1 heterocycles. The highest BCUT2D eigenvalue weighted by Gasteiger charge is 2.45. The molecule has 36 heavy (non-hydrogen) atoms. The lowest BCUT2D eigenvalue weighted by Gasteiger charge is -2.40. The molecule has 0 aliphatic carbocycles. The van der Waals surface area contributed by atoms with Crippen molar-refractivity contribution < 1.29 is 44.9 Å². The van der Waals surface area contributed by atoms with E-state index >= 15 is 0 Å². The SMILES string of the molecule is CCCCc1cc(OC2O[C@H](O)[C@@H](O)[C@H](O)[C@H]2CO)c(C/C=C(\C)CCC=C(C)C)c(O)c1C(=O)O. The second-order valence-electron chi connectivity index (χ2n) is 9.56. The molecular weight excluding hydrogens is 468 g/mol. The first-order valence-electron chi connectivity index (χ1n) is 12.4. The number of carbonyl (C=O) groups is 1. The Morgan fingerprint density at radius 2 is 1.83 bits per heavy atom. The van der Waals surface area contributed by atoms with E-state index in [2.05, 4.69) is 6.08 Å². The van der Waals surface area contributed by atoms with Gasteiger partial charge in [-0.15, -0.1) is 0 Å². The van der Waals surface area contributed by atoms with Crippen molar-refractivity contribution in [3.63, 3.8) is 0 Å². The van der Waals surface area contributed by atoms with Gasteiger partial charge in [0.15, 0.2) is 6.29 Å². The zero-order valence-electron chi connectivity index (χ0n) is 21.5. The zero-order valence-corrected chi connectivity index (χ0v) is 21.5. The summed E-state index contributed by atoms with van der Waals surface area (Å²) in [5.74, 6) is -2.64. The van der Waals surface area contributed by atoms with Crippen LogP contribution < -0.4 is 4.74 Å². The van der Waals surface area contributed by atoms with Gasteiger partial charge in [-0.1, -0.05) is 36.6 Å². The van der Waals surface area contributed by atoms with Crippen molar-refractivity contribution in [2.75, 3.05) is 6.61 Å². The van der Waals surface area contributed by atoms with Crippen LogP contribution in [0.15, 0.2) is 29.4 Å². The number of rotatable bonds is 12. The third-order valence-electron chi connectivity index (χ3n) is 6.36. The summed E-state index contributed by atoms with van der Waals surface area (Å²) < 4.78 is 11.3. The number of unbranched alkanes of at least 4 members (excludes halogenated alkanes) is 1. The van der Waals surface area contributed by atoms with Crippen LogP contribution in [0.2, 0.25) is 0 Å². The van der Waals surface area contributed by atoms with E-state index in [4.69, 9.17) is 9.47 Å². The van der Waals surface area contributed by atoms with E-state index in [-0.39, 0.29) is 23.3 Å². The Labute approximate surface area is 212 Å². The number of aliphatic hydroxyl groups excluding tert-OH is 4. The van der Waals surface area contributed by atoms with Gasteiger partial charge in [0.25, 0.3) is 0 Å². The standard InChI is InChI=1S/C27H40O9/c1-5-6-10-17-13-20(35-27-19(14-28)23(30)24(31)26(34)36-27)18(22(29)21(17)25(32)33)12-11-16(4)9-7-8-15(2)3/h8,11,13,19,23-24,26-31,34H,5-7,9-10,12,14H2,1-4H3,(H,32,33)/b16-11+/t19-,23-,24+,26+,27?/m1/s1. The number of allylic oxidation sites excluding steroid dienone is 4. The molecule has 9 heteroatoms. The van der Waals surface area contributed by atoms with Gasteiger partial charge in [-0.05, 0) is 64.5 Å². The first kappa shape index (κ1) is 29.8. The molecule has 5 atom stereocenters. The molecule has 0 bridgehead atoms. The normalized spacial score (nSPS) is 24.4. The molecule has 2 rings (SSSR count). The molecule has 0 spiro atoms. The molecule has 1 aliphatic heterocycles. The van der Waals surface area contributed by atoms with Crippen molar-refractivity contribution in [3.05, 3.63) is 46.1 Å². The molecule has 1 aromatic rings. The van der Waals surface area contributed by atoms with Crippen LogP contribution in [0, 0.1) is 5.92 Å². The van der Waals surface area contributed by atoms with Gasteiger partial charge in [-0.25, -0.2) is 4.79 Å². The summed E-state index contributed by atoms with van der Waals surface area (Å²) in [6, 6.07) is 1.53. The van der Waals surface area contributed by atoms with Gasteiger partial charge in [0.05, 0.1) is 18.6 Å². The van der Waals surface area contributed by atoms with Crippen molar-refractivity contribution >= 4 is 5.97 Å². The number of ether oxygens (including phenoxy) is 2. The van der Waals surface area contributed by atoms with Gasteiger partial charge in [0.1, 0.15) is 23.2 Å². The predicted molar refractivity (Wildman–Crippen MR) is 134 cm³/mol. The fourth-order valence-electron chi connectivity index (χ4n) is 4.15. The van der Waals surface area contributed by atoms with E-state index in [1.165, 1.54) is 11.6 Å². The fourth-order valence-corrected chi connectivity index (χ4v) is 4.15. The second kappa shape index (κ2) is 13.8. The van der Waals surface area contributed by atoms with Crippen LogP contribution in [0.3, 0.4) is 0 Å². The van der Waals surface area contributed by atoms with E-state index in [1.54, 1.807) is 0 Å². The summed E-state index contributed by atoms with van der Waals surface area (Å²) in [5.41, 5.74) is 2.65. The monoisotopic (exact) mass is 508 g/mol. The van der Waals surface area contributed by atoms with E-state index in [0.717, 1.165) is 24.8 Å². The van der Waals surface area contributed by atoms with Gasteiger partial charge in [-0.3, -0.25) is 0 Å². The Morgan fingerprint density at radius 1 is 1.14 bits per heavy atom. The molecule has 202 valence electrons. The Balaban J connectivity index is 2.51. The average molecular weight is 509 g/mol. The molecule has 0 aromatic heterocycles. The molecular formula is C27H40O9. The second-order valence-corrected chi connectivity index (χ2v) is 9.56. The highest BCUT2D eigenvalue weighted by Crippen LogP contribution is 2.38. The number of benzene rings is 1. The van der Waals surface area contributed by atoms with Crippen LogP contribution in [0.1, 0.15) is 74.9 Å². The number of carboxylic acid groups (broad SMARTS) is 1. The quantitative estimate of drug-likeness (QED) is 0.234. The Bertz CT molecular complexity index is 949. The topological polar surface area (TPSA) is 157 Å². The van der Waals surface area contributed by atoms with Crippen molar-refractivity contribution in [1.82, 2.24) is 0 Å². The Morgan fingerprint density at radius 3 is 2.42 bits per heavy atom. The summed E-state index contributed by atoms with van der Waals surface area (Å²) >= 11 is 0.